The van der Waals surface area contributed by atoms with E-state index in [2.05, 4.69) is 39.2 Å². The Labute approximate surface area is 129 Å². The van der Waals surface area contributed by atoms with Crippen LogP contribution in [0.4, 0.5) is 0 Å². The van der Waals surface area contributed by atoms with Crippen molar-refractivity contribution in [2.45, 2.75) is 13.0 Å². The van der Waals surface area contributed by atoms with E-state index in [1.807, 2.05) is 30.3 Å². The van der Waals surface area contributed by atoms with Gasteiger partial charge in [0.15, 0.2) is 0 Å². The highest BCUT2D eigenvalue weighted by molar-refractivity contribution is 9.11. The van der Waals surface area contributed by atoms with Crippen molar-refractivity contribution in [2.24, 2.45) is 5.73 Å². The highest BCUT2D eigenvalue weighted by Gasteiger charge is 2.18. The molecule has 102 valence electrons. The van der Waals surface area contributed by atoms with E-state index in [-0.39, 0.29) is 6.04 Å². The van der Waals surface area contributed by atoms with Crippen molar-refractivity contribution in [2.75, 3.05) is 0 Å². The van der Waals surface area contributed by atoms with Crippen molar-refractivity contribution in [1.82, 2.24) is 15.0 Å². The molecule has 2 N–H and O–H groups in total. The zero-order valence-electron chi connectivity index (χ0n) is 10.8. The zero-order chi connectivity index (χ0) is 14.1. The van der Waals surface area contributed by atoms with E-state index in [0.717, 1.165) is 20.0 Å². The smallest absolute Gasteiger partial charge is 0.0866 e. The molecule has 0 fully saturated rings. The molecule has 0 saturated heterocycles. The SMILES string of the molecule is Cc1cc(C(N)c2cnnn2-c2ccccc2)sc1Br. The summed E-state index contributed by atoms with van der Waals surface area (Å²) in [6.07, 6.45) is 1.72. The number of thiophene rings is 1. The van der Waals surface area contributed by atoms with E-state index in [9.17, 15) is 0 Å². The molecule has 0 amide bonds. The Morgan fingerprint density at radius 2 is 2.05 bits per heavy atom. The molecule has 0 saturated carbocycles. The third kappa shape index (κ3) is 2.42. The molecule has 6 heteroatoms. The normalized spacial score (nSPS) is 12.6. The second-order valence-corrected chi connectivity index (χ2v) is 6.89. The molecular weight excluding hydrogens is 336 g/mol. The molecule has 0 radical (unpaired) electrons. The Morgan fingerprint density at radius 3 is 2.70 bits per heavy atom. The molecule has 0 aliphatic rings. The standard InChI is InChI=1S/C14H13BrN4S/c1-9-7-12(20-14(9)15)13(16)11-8-17-18-19(11)10-5-3-2-4-6-10/h2-8,13H,16H2,1H3. The summed E-state index contributed by atoms with van der Waals surface area (Å²) in [5.74, 6) is 0. The van der Waals surface area contributed by atoms with Crippen LogP contribution in [0, 0.1) is 6.92 Å². The molecule has 0 aliphatic carbocycles. The van der Waals surface area contributed by atoms with Gasteiger partial charge in [-0.1, -0.05) is 23.4 Å². The van der Waals surface area contributed by atoms with Crippen molar-refractivity contribution < 1.29 is 0 Å². The van der Waals surface area contributed by atoms with Gasteiger partial charge in [0.2, 0.25) is 0 Å². The summed E-state index contributed by atoms with van der Waals surface area (Å²) in [6, 6.07) is 11.7. The number of rotatable bonds is 3. The van der Waals surface area contributed by atoms with E-state index in [1.165, 1.54) is 5.56 Å². The fraction of sp³-hybridized carbons (Fsp3) is 0.143. The molecule has 1 unspecified atom stereocenters. The minimum atomic E-state index is -0.236. The maximum atomic E-state index is 6.37. The van der Waals surface area contributed by atoms with Gasteiger partial charge in [-0.15, -0.1) is 16.4 Å². The van der Waals surface area contributed by atoms with Crippen LogP contribution in [-0.4, -0.2) is 15.0 Å². The van der Waals surface area contributed by atoms with E-state index >= 15 is 0 Å². The first-order valence-electron chi connectivity index (χ1n) is 6.14. The number of para-hydroxylation sites is 1. The number of aromatic nitrogens is 3. The van der Waals surface area contributed by atoms with Gasteiger partial charge in [-0.3, -0.25) is 0 Å². The molecule has 2 heterocycles. The Morgan fingerprint density at radius 1 is 1.30 bits per heavy atom. The lowest BCUT2D eigenvalue weighted by atomic mass is 10.1. The molecule has 3 rings (SSSR count). The summed E-state index contributed by atoms with van der Waals surface area (Å²) < 4.78 is 2.90. The fourth-order valence-electron chi connectivity index (χ4n) is 2.01. The highest BCUT2D eigenvalue weighted by atomic mass is 79.9. The van der Waals surface area contributed by atoms with Crippen LogP contribution in [-0.2, 0) is 0 Å². The quantitative estimate of drug-likeness (QED) is 0.788. The molecule has 0 spiro atoms. The van der Waals surface area contributed by atoms with Gasteiger partial charge in [0.05, 0.1) is 27.4 Å². The highest BCUT2D eigenvalue weighted by Crippen LogP contribution is 2.33. The van der Waals surface area contributed by atoms with E-state index < -0.39 is 0 Å². The van der Waals surface area contributed by atoms with Crippen LogP contribution in [0.5, 0.6) is 0 Å². The summed E-state index contributed by atoms with van der Waals surface area (Å²) in [5.41, 5.74) is 9.40. The Bertz CT molecular complexity index is 700. The number of halogens is 1. The average molecular weight is 349 g/mol. The minimum Gasteiger partial charge on any atom is -0.318 e. The molecular formula is C14H13BrN4S. The van der Waals surface area contributed by atoms with Crippen molar-refractivity contribution in [3.8, 4) is 5.69 Å². The number of nitrogens with two attached hydrogens (primary N) is 1. The number of aryl methyl sites for hydroxylation is 1. The molecule has 20 heavy (non-hydrogen) atoms. The molecule has 3 aromatic rings. The van der Waals surface area contributed by atoms with Gasteiger partial charge < -0.3 is 5.73 Å². The van der Waals surface area contributed by atoms with Gasteiger partial charge in [-0.2, -0.15) is 0 Å². The monoisotopic (exact) mass is 348 g/mol. The summed E-state index contributed by atoms with van der Waals surface area (Å²) in [7, 11) is 0. The van der Waals surface area contributed by atoms with Crippen LogP contribution in [0.1, 0.15) is 22.2 Å². The topological polar surface area (TPSA) is 56.7 Å². The Balaban J connectivity index is 2.01. The molecule has 0 aliphatic heterocycles. The van der Waals surface area contributed by atoms with Gasteiger partial charge in [-0.25, -0.2) is 4.68 Å². The van der Waals surface area contributed by atoms with Crippen LogP contribution in [0.25, 0.3) is 5.69 Å². The lowest BCUT2D eigenvalue weighted by molar-refractivity contribution is 0.725. The Hall–Kier alpha value is -1.50. The second-order valence-electron chi connectivity index (χ2n) is 4.49. The summed E-state index contributed by atoms with van der Waals surface area (Å²) in [4.78, 5) is 1.09. The fourth-order valence-corrected chi connectivity index (χ4v) is 3.59. The van der Waals surface area contributed by atoms with Crippen molar-refractivity contribution in [3.05, 3.63) is 62.5 Å². The predicted molar refractivity (Wildman–Crippen MR) is 84.1 cm³/mol. The zero-order valence-corrected chi connectivity index (χ0v) is 13.2. The summed E-state index contributed by atoms with van der Waals surface area (Å²) >= 11 is 5.18. The van der Waals surface area contributed by atoms with Gasteiger partial charge in [0.25, 0.3) is 0 Å². The number of benzene rings is 1. The van der Waals surface area contributed by atoms with Crippen LogP contribution < -0.4 is 5.73 Å². The lowest BCUT2D eigenvalue weighted by Gasteiger charge is -2.11. The largest absolute Gasteiger partial charge is 0.318 e. The molecule has 0 bridgehead atoms. The van der Waals surface area contributed by atoms with Gasteiger partial charge in [0, 0.05) is 4.88 Å². The predicted octanol–water partition coefficient (Wildman–Crippen LogP) is 3.45. The van der Waals surface area contributed by atoms with E-state index in [1.54, 1.807) is 22.2 Å². The molecule has 1 atom stereocenters. The summed E-state index contributed by atoms with van der Waals surface area (Å²) in [5, 5.41) is 8.14. The third-order valence-corrected chi connectivity index (χ3v) is 5.30. The van der Waals surface area contributed by atoms with Gasteiger partial charge in [0.1, 0.15) is 0 Å². The first-order valence-corrected chi connectivity index (χ1v) is 7.75. The van der Waals surface area contributed by atoms with Crippen LogP contribution in [0.3, 0.4) is 0 Å². The lowest BCUT2D eigenvalue weighted by Crippen LogP contribution is -2.15. The maximum absolute atomic E-state index is 6.37. The van der Waals surface area contributed by atoms with Crippen LogP contribution >= 0.6 is 27.3 Å². The number of nitrogens with zero attached hydrogens (tertiary/aromatic N) is 3. The van der Waals surface area contributed by atoms with Gasteiger partial charge in [-0.05, 0) is 46.6 Å². The maximum Gasteiger partial charge on any atom is 0.0866 e. The first-order chi connectivity index (χ1) is 9.66. The third-order valence-electron chi connectivity index (χ3n) is 3.08. The molecule has 4 nitrogen and oxygen atoms in total. The van der Waals surface area contributed by atoms with Gasteiger partial charge >= 0.3 is 0 Å². The van der Waals surface area contributed by atoms with Crippen molar-refractivity contribution in [1.29, 1.82) is 0 Å². The average Bonchev–Trinajstić information content (AvgIpc) is 3.07. The minimum absolute atomic E-state index is 0.236. The first kappa shape index (κ1) is 13.5. The van der Waals surface area contributed by atoms with E-state index in [0.29, 0.717) is 0 Å². The van der Waals surface area contributed by atoms with Crippen molar-refractivity contribution in [3.63, 3.8) is 0 Å². The Kier molecular flexibility index (Phi) is 3.69. The van der Waals surface area contributed by atoms with Crippen LogP contribution in [0.15, 0.2) is 46.4 Å². The van der Waals surface area contributed by atoms with Crippen LogP contribution in [0.2, 0.25) is 0 Å². The molecule has 2 aromatic heterocycles. The van der Waals surface area contributed by atoms with E-state index in [4.69, 9.17) is 5.73 Å². The molecule has 1 aromatic carbocycles. The number of hydrogen-bond donors (Lipinski definition) is 1. The number of hydrogen-bond acceptors (Lipinski definition) is 4. The van der Waals surface area contributed by atoms with Crippen molar-refractivity contribution >= 4 is 27.3 Å². The summed E-state index contributed by atoms with van der Waals surface area (Å²) in [6.45, 7) is 2.06. The second kappa shape index (κ2) is 5.47.